The molecule has 15 heteroatoms. The van der Waals surface area contributed by atoms with Gasteiger partial charge in [-0.25, -0.2) is 0 Å². The maximum Gasteiger partial charge on any atom is 0.253 e. The number of amides is 4. The van der Waals surface area contributed by atoms with Gasteiger partial charge in [-0.05, 0) is 30.4 Å². The highest BCUT2D eigenvalue weighted by atomic mass is 16.5. The summed E-state index contributed by atoms with van der Waals surface area (Å²) in [5, 5.41) is 2.68. The van der Waals surface area contributed by atoms with Gasteiger partial charge in [0.1, 0.15) is 19.0 Å². The summed E-state index contributed by atoms with van der Waals surface area (Å²) < 4.78 is 21.5. The number of unbranched alkanes of at least 4 members (excludes halogenated alkanes) is 2. The Morgan fingerprint density at radius 2 is 1.40 bits per heavy atom. The number of fused-ring (bicyclic) bond motifs is 1. The molecule has 0 saturated heterocycles. The van der Waals surface area contributed by atoms with Gasteiger partial charge in [-0.3, -0.25) is 38.5 Å². The van der Waals surface area contributed by atoms with Gasteiger partial charge in [-0.15, -0.1) is 0 Å². The fourth-order valence-corrected chi connectivity index (χ4v) is 6.15. The highest BCUT2D eigenvalue weighted by Gasteiger charge is 2.37. The van der Waals surface area contributed by atoms with Gasteiger partial charge < -0.3 is 34.9 Å². The minimum Gasteiger partial charge on any atom is -0.379 e. The van der Waals surface area contributed by atoms with Crippen LogP contribution in [0, 0.1) is 5.92 Å². The second-order valence-corrected chi connectivity index (χ2v) is 14.0. The zero-order valence-corrected chi connectivity index (χ0v) is 32.3. The van der Waals surface area contributed by atoms with Crippen molar-refractivity contribution < 1.29 is 52.5 Å². The quantitative estimate of drug-likeness (QED) is 0.0887. The lowest BCUT2D eigenvalue weighted by Crippen LogP contribution is -2.54. The van der Waals surface area contributed by atoms with Crippen LogP contribution in [0.3, 0.4) is 0 Å². The summed E-state index contributed by atoms with van der Waals surface area (Å²) in [4.78, 5) is 88.0. The summed E-state index contributed by atoms with van der Waals surface area (Å²) in [6.45, 7) is 5.94. The number of benzene rings is 1. The van der Waals surface area contributed by atoms with Crippen LogP contribution in [0.4, 0.5) is 0 Å². The molecule has 0 saturated carbocycles. The lowest BCUT2D eigenvalue weighted by molar-refractivity contribution is -0.143. The standard InChI is InChI=1S/C40H58N4O11/c1-29(2)39(50)35-25-30-9-6-7-10-31(30)26-44(35)40(51)34(41)13-5-3-4-11-33(46)27-54-23-22-53-20-17-42-36(47)28-55-24-21-52-19-8-12-32(45)16-18-43-37(48)14-15-38(43)49/h6-7,9-10,14-15,29,34-35H,3-5,8,11-13,16-28,41H2,1-2H3,(H,42,47)/t34-,35-/m1/s1. The van der Waals surface area contributed by atoms with Crippen molar-refractivity contribution in [3.05, 3.63) is 47.5 Å². The summed E-state index contributed by atoms with van der Waals surface area (Å²) >= 11 is 0. The first kappa shape index (κ1) is 45.2. The van der Waals surface area contributed by atoms with Crippen LogP contribution in [-0.2, 0) is 65.5 Å². The van der Waals surface area contributed by atoms with Crippen molar-refractivity contribution in [3.63, 3.8) is 0 Å². The Balaban J connectivity index is 1.09. The first-order chi connectivity index (χ1) is 26.5. The van der Waals surface area contributed by atoms with Gasteiger partial charge in [0.25, 0.3) is 11.8 Å². The number of rotatable bonds is 29. The number of imide groups is 1. The number of nitrogens with one attached hydrogen (secondary N) is 1. The fraction of sp³-hybridized carbons (Fsp3) is 0.625. The maximum atomic E-state index is 13.3. The highest BCUT2D eigenvalue weighted by molar-refractivity contribution is 6.13. The fourth-order valence-electron chi connectivity index (χ4n) is 6.15. The van der Waals surface area contributed by atoms with Gasteiger partial charge in [0.2, 0.25) is 11.8 Å². The largest absolute Gasteiger partial charge is 0.379 e. The first-order valence-electron chi connectivity index (χ1n) is 19.3. The Hall–Kier alpha value is -4.15. The number of nitrogens with zero attached hydrogens (tertiary/aromatic N) is 2. The molecule has 0 unspecified atom stereocenters. The molecule has 2 atom stereocenters. The number of carbonyl (C=O) groups is 7. The molecule has 55 heavy (non-hydrogen) atoms. The number of carbonyl (C=O) groups excluding carboxylic acids is 7. The van der Waals surface area contributed by atoms with Gasteiger partial charge in [-0.2, -0.15) is 0 Å². The molecule has 3 N–H and O–H groups in total. The van der Waals surface area contributed by atoms with E-state index in [0.717, 1.165) is 22.4 Å². The normalized spacial score (nSPS) is 15.7. The lowest BCUT2D eigenvalue weighted by atomic mass is 9.87. The summed E-state index contributed by atoms with van der Waals surface area (Å²) in [6.07, 6.45) is 6.74. The van der Waals surface area contributed by atoms with E-state index in [1.165, 1.54) is 12.2 Å². The third-order valence-electron chi connectivity index (χ3n) is 9.28. The van der Waals surface area contributed by atoms with E-state index in [4.69, 9.17) is 24.7 Å². The van der Waals surface area contributed by atoms with E-state index < -0.39 is 23.9 Å². The molecule has 3 rings (SSSR count). The van der Waals surface area contributed by atoms with E-state index >= 15 is 0 Å². The third-order valence-corrected chi connectivity index (χ3v) is 9.28. The number of ketones is 3. The predicted molar refractivity (Wildman–Crippen MR) is 201 cm³/mol. The Morgan fingerprint density at radius 3 is 2.11 bits per heavy atom. The van der Waals surface area contributed by atoms with E-state index in [9.17, 15) is 33.6 Å². The average molecular weight is 771 g/mol. The Kier molecular flexibility index (Phi) is 20.6. The second kappa shape index (κ2) is 25.1. The van der Waals surface area contributed by atoms with Crippen LogP contribution in [0.15, 0.2) is 36.4 Å². The second-order valence-electron chi connectivity index (χ2n) is 14.0. The van der Waals surface area contributed by atoms with Crippen LogP contribution in [-0.4, -0.2) is 129 Å². The molecule has 304 valence electrons. The number of nitrogens with two attached hydrogens (primary N) is 1. The molecule has 0 spiro atoms. The minimum atomic E-state index is -0.706. The van der Waals surface area contributed by atoms with E-state index in [-0.39, 0.29) is 101 Å². The monoisotopic (exact) mass is 770 g/mol. The van der Waals surface area contributed by atoms with Crippen LogP contribution in [0.2, 0.25) is 0 Å². The van der Waals surface area contributed by atoms with Crippen LogP contribution in [0.1, 0.15) is 76.3 Å². The molecule has 15 nitrogen and oxygen atoms in total. The molecule has 2 aliphatic heterocycles. The zero-order chi connectivity index (χ0) is 40.0. The minimum absolute atomic E-state index is 0.0116. The van der Waals surface area contributed by atoms with Crippen molar-refractivity contribution in [2.45, 2.75) is 90.3 Å². The molecule has 2 heterocycles. The number of ether oxygens (including phenoxy) is 4. The van der Waals surface area contributed by atoms with Gasteiger partial charge >= 0.3 is 0 Å². The molecule has 2 aliphatic rings. The summed E-state index contributed by atoms with van der Waals surface area (Å²) in [7, 11) is 0. The summed E-state index contributed by atoms with van der Waals surface area (Å²) in [6, 6.07) is 6.67. The van der Waals surface area contributed by atoms with Crippen LogP contribution < -0.4 is 11.1 Å². The molecule has 0 fully saturated rings. The Labute approximate surface area is 323 Å². The average Bonchev–Trinajstić information content (AvgIpc) is 3.50. The molecule has 0 bridgehead atoms. The highest BCUT2D eigenvalue weighted by Crippen LogP contribution is 2.26. The van der Waals surface area contributed by atoms with Gasteiger partial charge in [-0.1, -0.05) is 51.0 Å². The zero-order valence-electron chi connectivity index (χ0n) is 32.3. The van der Waals surface area contributed by atoms with Gasteiger partial charge in [0.05, 0.1) is 45.1 Å². The topological polar surface area (TPSA) is 201 Å². The van der Waals surface area contributed by atoms with E-state index in [1.54, 1.807) is 4.90 Å². The van der Waals surface area contributed by atoms with Crippen molar-refractivity contribution in [3.8, 4) is 0 Å². The lowest BCUT2D eigenvalue weighted by Gasteiger charge is -2.38. The molecule has 4 amide bonds. The van der Waals surface area contributed by atoms with Crippen molar-refractivity contribution in [2.24, 2.45) is 11.7 Å². The van der Waals surface area contributed by atoms with Crippen molar-refractivity contribution in [1.29, 1.82) is 0 Å². The number of hydrogen-bond donors (Lipinski definition) is 2. The molecule has 1 aromatic carbocycles. The SMILES string of the molecule is CC(C)C(=O)[C@H]1Cc2ccccc2CN1C(=O)[C@H](N)CCCCCC(=O)COCCOCCNC(=O)COCCOCCCC(=O)CCN1C(=O)C=CC1=O. The Bertz CT molecular complexity index is 1460. The third kappa shape index (κ3) is 16.6. The smallest absolute Gasteiger partial charge is 0.253 e. The van der Waals surface area contributed by atoms with Gasteiger partial charge in [0.15, 0.2) is 11.6 Å². The summed E-state index contributed by atoms with van der Waals surface area (Å²) in [5.41, 5.74) is 8.44. The molecule has 0 radical (unpaired) electrons. The van der Waals surface area contributed by atoms with Gasteiger partial charge in [0, 0.05) is 70.0 Å². The predicted octanol–water partition coefficient (Wildman–Crippen LogP) is 1.86. The van der Waals surface area contributed by atoms with Crippen molar-refractivity contribution in [2.75, 3.05) is 65.9 Å². The maximum absolute atomic E-state index is 13.3. The van der Waals surface area contributed by atoms with E-state index in [0.29, 0.717) is 58.2 Å². The van der Waals surface area contributed by atoms with Crippen LogP contribution in [0.25, 0.3) is 0 Å². The molecule has 0 aromatic heterocycles. The molecular formula is C40H58N4O11. The van der Waals surface area contributed by atoms with E-state index in [2.05, 4.69) is 5.32 Å². The summed E-state index contributed by atoms with van der Waals surface area (Å²) in [5.74, 6) is -1.52. The Morgan fingerprint density at radius 1 is 0.764 bits per heavy atom. The van der Waals surface area contributed by atoms with Crippen molar-refractivity contribution >= 4 is 41.0 Å². The number of hydrogen-bond acceptors (Lipinski definition) is 12. The van der Waals surface area contributed by atoms with Crippen LogP contribution in [0.5, 0.6) is 0 Å². The molecule has 0 aliphatic carbocycles. The number of Topliss-reactive ketones (excluding diaryl/α,β-unsaturated/α-hetero) is 3. The van der Waals surface area contributed by atoms with E-state index in [1.807, 2.05) is 38.1 Å². The molecule has 1 aromatic rings. The first-order valence-corrected chi connectivity index (χ1v) is 19.3. The van der Waals surface area contributed by atoms with Crippen molar-refractivity contribution in [1.82, 2.24) is 15.1 Å². The van der Waals surface area contributed by atoms with Crippen LogP contribution >= 0.6 is 0 Å². The molecular weight excluding hydrogens is 712 g/mol.